The van der Waals surface area contributed by atoms with Gasteiger partial charge in [0, 0.05) is 10.4 Å². The maximum absolute atomic E-state index is 13.3. The highest BCUT2D eigenvalue weighted by Gasteiger charge is 2.33. The summed E-state index contributed by atoms with van der Waals surface area (Å²) < 4.78 is 7.23. The average molecular weight is 427 g/mol. The van der Waals surface area contributed by atoms with E-state index in [1.54, 1.807) is 48.8 Å². The van der Waals surface area contributed by atoms with Gasteiger partial charge in [0.2, 0.25) is 0 Å². The van der Waals surface area contributed by atoms with Crippen LogP contribution in [0.4, 0.5) is 0 Å². The molecule has 1 N–H and O–H groups in total. The van der Waals surface area contributed by atoms with Crippen molar-refractivity contribution in [1.29, 1.82) is 0 Å². The maximum Gasteiger partial charge on any atom is 0.338 e. The number of para-hydroxylation sites is 1. The number of carbonyl (C=O) groups excluding carboxylic acids is 1. The Hall–Kier alpha value is -2.97. The first-order chi connectivity index (χ1) is 14.0. The van der Waals surface area contributed by atoms with E-state index in [1.807, 2.05) is 17.5 Å². The lowest BCUT2D eigenvalue weighted by atomic mass is 10.0. The number of fused-ring (bicyclic) bond motifs is 1. The van der Waals surface area contributed by atoms with E-state index < -0.39 is 12.0 Å². The molecule has 29 heavy (non-hydrogen) atoms. The lowest BCUT2D eigenvalue weighted by Crippen LogP contribution is -2.39. The predicted molar refractivity (Wildman–Crippen MR) is 113 cm³/mol. The largest absolute Gasteiger partial charge is 0.507 e. The second-order valence-electron chi connectivity index (χ2n) is 6.38. The number of phenols is 1. The monoisotopic (exact) mass is 426 g/mol. The van der Waals surface area contributed by atoms with E-state index in [1.165, 1.54) is 22.7 Å². The minimum Gasteiger partial charge on any atom is -0.507 e. The molecule has 8 heteroatoms. The van der Waals surface area contributed by atoms with Crippen LogP contribution in [0.2, 0.25) is 0 Å². The fraction of sp³-hybridized carbons (Fsp3) is 0.190. The molecule has 0 amide bonds. The number of phenolic OH excluding ortho intramolecular Hbond substituents is 1. The molecule has 3 heterocycles. The minimum atomic E-state index is -0.586. The number of ether oxygens (including phenoxy) is 1. The van der Waals surface area contributed by atoms with E-state index in [9.17, 15) is 14.7 Å². The topological polar surface area (TPSA) is 80.9 Å². The number of allylic oxidation sites excluding steroid dienone is 1. The molecule has 0 saturated heterocycles. The molecule has 0 bridgehead atoms. The summed E-state index contributed by atoms with van der Waals surface area (Å²) in [6, 6.07) is 10.0. The van der Waals surface area contributed by atoms with Crippen LogP contribution in [0, 0.1) is 0 Å². The average Bonchev–Trinajstić information content (AvgIpc) is 3.32. The van der Waals surface area contributed by atoms with Crippen LogP contribution < -0.4 is 14.9 Å². The Morgan fingerprint density at radius 3 is 2.79 bits per heavy atom. The highest BCUT2D eigenvalue weighted by molar-refractivity contribution is 7.10. The molecule has 1 aromatic carbocycles. The van der Waals surface area contributed by atoms with E-state index in [-0.39, 0.29) is 17.9 Å². The Balaban J connectivity index is 1.96. The normalized spacial score (nSPS) is 16.5. The third-order valence-electron chi connectivity index (χ3n) is 4.55. The number of thiophene rings is 1. The van der Waals surface area contributed by atoms with Gasteiger partial charge >= 0.3 is 5.97 Å². The highest BCUT2D eigenvalue weighted by atomic mass is 32.1. The smallest absolute Gasteiger partial charge is 0.338 e. The first kappa shape index (κ1) is 19.4. The second kappa shape index (κ2) is 7.81. The zero-order valence-electron chi connectivity index (χ0n) is 15.8. The molecule has 2 aromatic heterocycles. The first-order valence-electron chi connectivity index (χ1n) is 9.02. The van der Waals surface area contributed by atoms with Crippen molar-refractivity contribution in [2.45, 2.75) is 19.9 Å². The fourth-order valence-corrected chi connectivity index (χ4v) is 5.12. The molecule has 0 saturated carbocycles. The van der Waals surface area contributed by atoms with Crippen molar-refractivity contribution in [2.24, 2.45) is 4.99 Å². The van der Waals surface area contributed by atoms with Crippen molar-refractivity contribution in [3.8, 4) is 5.75 Å². The number of benzene rings is 1. The van der Waals surface area contributed by atoms with Gasteiger partial charge < -0.3 is 9.84 Å². The van der Waals surface area contributed by atoms with Gasteiger partial charge in [-0.05, 0) is 37.4 Å². The van der Waals surface area contributed by atoms with E-state index in [4.69, 9.17) is 4.74 Å². The van der Waals surface area contributed by atoms with Gasteiger partial charge in [-0.25, -0.2) is 9.79 Å². The number of thiazole rings is 1. The number of aromatic hydroxyl groups is 1. The quantitative estimate of drug-likeness (QED) is 0.650. The molecule has 1 atom stereocenters. The van der Waals surface area contributed by atoms with Gasteiger partial charge in [-0.1, -0.05) is 35.6 Å². The van der Waals surface area contributed by atoms with Gasteiger partial charge in [-0.2, -0.15) is 0 Å². The number of hydrogen-bond donors (Lipinski definition) is 1. The minimum absolute atomic E-state index is 0.0940. The van der Waals surface area contributed by atoms with Crippen molar-refractivity contribution in [3.05, 3.63) is 83.2 Å². The number of aromatic nitrogens is 1. The molecular weight excluding hydrogens is 408 g/mol. The summed E-state index contributed by atoms with van der Waals surface area (Å²) in [5.41, 5.74) is 1.20. The van der Waals surface area contributed by atoms with Crippen LogP contribution in [0.1, 0.15) is 30.3 Å². The molecule has 0 fully saturated rings. The zero-order valence-corrected chi connectivity index (χ0v) is 17.4. The van der Waals surface area contributed by atoms with Crippen LogP contribution in [0.15, 0.2) is 62.8 Å². The Labute approximate surface area is 174 Å². The molecule has 4 rings (SSSR count). The van der Waals surface area contributed by atoms with Crippen LogP contribution in [0.3, 0.4) is 0 Å². The van der Waals surface area contributed by atoms with Crippen LogP contribution >= 0.6 is 22.7 Å². The van der Waals surface area contributed by atoms with Crippen LogP contribution in [-0.4, -0.2) is 22.2 Å². The Kier molecular flexibility index (Phi) is 5.21. The number of nitrogens with zero attached hydrogens (tertiary/aromatic N) is 2. The summed E-state index contributed by atoms with van der Waals surface area (Å²) in [7, 11) is 0. The highest BCUT2D eigenvalue weighted by Crippen LogP contribution is 2.33. The van der Waals surface area contributed by atoms with Crippen molar-refractivity contribution in [1.82, 2.24) is 4.57 Å². The van der Waals surface area contributed by atoms with Crippen molar-refractivity contribution in [2.75, 3.05) is 6.61 Å². The second-order valence-corrected chi connectivity index (χ2v) is 8.36. The SMILES string of the molecule is CCOC(=O)C1=C(C)N=c2s/c(=C/c3ccccc3O)c(=O)n2[C@@H]1c1cccs1. The third-order valence-corrected chi connectivity index (χ3v) is 6.46. The van der Waals surface area contributed by atoms with E-state index >= 15 is 0 Å². The van der Waals surface area contributed by atoms with E-state index in [0.717, 1.165) is 4.88 Å². The molecule has 0 unspecified atom stereocenters. The van der Waals surface area contributed by atoms with Gasteiger partial charge in [-0.3, -0.25) is 9.36 Å². The number of esters is 1. The van der Waals surface area contributed by atoms with Gasteiger partial charge in [0.1, 0.15) is 11.8 Å². The summed E-state index contributed by atoms with van der Waals surface area (Å²) in [6.07, 6.45) is 1.65. The van der Waals surface area contributed by atoms with E-state index in [2.05, 4.69) is 4.99 Å². The van der Waals surface area contributed by atoms with E-state index in [0.29, 0.717) is 26.2 Å². The first-order valence-corrected chi connectivity index (χ1v) is 10.7. The molecule has 148 valence electrons. The van der Waals surface area contributed by atoms with Gasteiger partial charge in [0.15, 0.2) is 4.80 Å². The Morgan fingerprint density at radius 1 is 1.31 bits per heavy atom. The van der Waals surface area contributed by atoms with Gasteiger partial charge in [0.25, 0.3) is 5.56 Å². The van der Waals surface area contributed by atoms with Crippen LogP contribution in [0.25, 0.3) is 6.08 Å². The van der Waals surface area contributed by atoms with Crippen molar-refractivity contribution < 1.29 is 14.6 Å². The summed E-state index contributed by atoms with van der Waals surface area (Å²) in [4.78, 5) is 31.9. The predicted octanol–water partition coefficient (Wildman–Crippen LogP) is 2.57. The summed E-state index contributed by atoms with van der Waals surface area (Å²) >= 11 is 2.70. The Bertz CT molecular complexity index is 1280. The van der Waals surface area contributed by atoms with Crippen LogP contribution in [0.5, 0.6) is 5.75 Å². The molecule has 0 spiro atoms. The molecular formula is C21H18N2O4S2. The van der Waals surface area contributed by atoms with Crippen molar-refractivity contribution in [3.63, 3.8) is 0 Å². The Morgan fingerprint density at radius 2 is 2.10 bits per heavy atom. The number of carbonyl (C=O) groups is 1. The molecule has 0 aliphatic carbocycles. The molecule has 1 aliphatic rings. The maximum atomic E-state index is 13.3. The number of rotatable bonds is 4. The molecule has 0 radical (unpaired) electrons. The zero-order chi connectivity index (χ0) is 20.5. The molecule has 1 aliphatic heterocycles. The van der Waals surface area contributed by atoms with Gasteiger partial charge in [0.05, 0.1) is 22.4 Å². The summed E-state index contributed by atoms with van der Waals surface area (Å²) in [5, 5.41) is 12.0. The lowest BCUT2D eigenvalue weighted by molar-refractivity contribution is -0.139. The summed E-state index contributed by atoms with van der Waals surface area (Å²) in [5.74, 6) is -0.376. The number of hydrogen-bond acceptors (Lipinski definition) is 7. The van der Waals surface area contributed by atoms with Crippen LogP contribution in [-0.2, 0) is 9.53 Å². The standard InChI is InChI=1S/C21H18N2O4S2/c1-3-27-20(26)17-12(2)22-21-23(18(17)15-9-6-10-28-15)19(25)16(29-21)11-13-7-4-5-8-14(13)24/h4-11,18,24H,3H2,1-2H3/b16-11+/t18-/m1/s1. The summed E-state index contributed by atoms with van der Waals surface area (Å²) in [6.45, 7) is 3.74. The lowest BCUT2D eigenvalue weighted by Gasteiger charge is -2.23. The third kappa shape index (κ3) is 3.45. The van der Waals surface area contributed by atoms with Crippen molar-refractivity contribution >= 4 is 34.7 Å². The molecule has 6 nitrogen and oxygen atoms in total. The molecule has 3 aromatic rings. The fourth-order valence-electron chi connectivity index (χ4n) is 3.26. The van der Waals surface area contributed by atoms with Gasteiger partial charge in [-0.15, -0.1) is 11.3 Å².